The summed E-state index contributed by atoms with van der Waals surface area (Å²) in [5, 5.41) is 29.0. The number of aliphatic carboxylic acids is 1. The summed E-state index contributed by atoms with van der Waals surface area (Å²) in [5.41, 5.74) is -0.937. The maximum Gasteiger partial charge on any atom is 0.305 e. The molecule has 4 N–H and O–H groups in total. The predicted molar refractivity (Wildman–Crippen MR) is 57.9 cm³/mol. The van der Waals surface area contributed by atoms with Crippen LogP contribution in [0.25, 0.3) is 0 Å². The van der Waals surface area contributed by atoms with E-state index in [0.717, 1.165) is 0 Å². The monoisotopic (exact) mass is 242 g/mol. The van der Waals surface area contributed by atoms with Gasteiger partial charge in [-0.2, -0.15) is 0 Å². The first kappa shape index (κ1) is 18.2. The van der Waals surface area contributed by atoms with E-state index in [1.807, 2.05) is 0 Å². The van der Waals surface area contributed by atoms with Crippen LogP contribution in [0.4, 0.5) is 0 Å². The molecule has 16 heavy (non-hydrogen) atoms. The Morgan fingerprint density at radius 1 is 1.38 bits per heavy atom. The molecule has 0 aromatic rings. The Balaban J connectivity index is 0. The van der Waals surface area contributed by atoms with Crippen molar-refractivity contribution in [3.8, 4) is 0 Å². The number of hydrogen-bond donors (Lipinski definition) is 4. The van der Waals surface area contributed by atoms with Gasteiger partial charge in [0.2, 0.25) is 5.91 Å². The standard InChI is InChI=1S/C9H17NO5.Na/c1-9(2,5-11)7(14)8(15)10-4-3-6(12)13;/h7,11,14H,3-5H2,1-2H3,(H,10,15)(H,12,13);. The van der Waals surface area contributed by atoms with Crippen LogP contribution in [0.1, 0.15) is 20.3 Å². The van der Waals surface area contributed by atoms with E-state index in [1.165, 1.54) is 13.8 Å². The quantitative estimate of drug-likeness (QED) is 0.427. The van der Waals surface area contributed by atoms with E-state index in [1.54, 1.807) is 0 Å². The van der Waals surface area contributed by atoms with Crippen LogP contribution in [0.5, 0.6) is 0 Å². The van der Waals surface area contributed by atoms with Crippen LogP contribution in [0, 0.1) is 5.41 Å². The third-order valence-electron chi connectivity index (χ3n) is 2.03. The first-order valence-corrected chi connectivity index (χ1v) is 4.59. The van der Waals surface area contributed by atoms with Crippen molar-refractivity contribution in [1.29, 1.82) is 0 Å². The first-order chi connectivity index (χ1) is 6.81. The van der Waals surface area contributed by atoms with Gasteiger partial charge in [-0.25, -0.2) is 0 Å². The Morgan fingerprint density at radius 3 is 2.25 bits per heavy atom. The van der Waals surface area contributed by atoms with Gasteiger partial charge < -0.3 is 20.6 Å². The minimum atomic E-state index is -1.35. The van der Waals surface area contributed by atoms with Gasteiger partial charge in [0.25, 0.3) is 0 Å². The zero-order valence-corrected chi connectivity index (χ0v) is 11.9. The van der Waals surface area contributed by atoms with Crippen molar-refractivity contribution in [3.05, 3.63) is 0 Å². The minimum Gasteiger partial charge on any atom is -0.481 e. The molecule has 0 heterocycles. The van der Waals surface area contributed by atoms with E-state index < -0.39 is 23.4 Å². The zero-order valence-electron chi connectivity index (χ0n) is 9.86. The van der Waals surface area contributed by atoms with Crippen molar-refractivity contribution in [2.75, 3.05) is 13.2 Å². The average molecular weight is 242 g/mol. The molecule has 1 unspecified atom stereocenters. The average Bonchev–Trinajstić information content (AvgIpc) is 2.15. The Kier molecular flexibility index (Phi) is 9.14. The Bertz CT molecular complexity index is 244. The van der Waals surface area contributed by atoms with Crippen molar-refractivity contribution in [2.45, 2.75) is 26.4 Å². The molecule has 89 valence electrons. The zero-order chi connectivity index (χ0) is 12.1. The maximum atomic E-state index is 11.3. The van der Waals surface area contributed by atoms with Crippen LogP contribution in [-0.2, 0) is 9.59 Å². The second kappa shape index (κ2) is 8.03. The molecule has 0 aromatic heterocycles. The van der Waals surface area contributed by atoms with E-state index in [9.17, 15) is 14.7 Å². The van der Waals surface area contributed by atoms with Gasteiger partial charge in [-0.1, -0.05) is 13.8 Å². The SMILES string of the molecule is CC(C)(CO)C(O)C(=O)NCCC(=O)O.[Na]. The molecule has 0 aliphatic heterocycles. The number of carbonyl (C=O) groups is 2. The molecule has 0 rings (SSSR count). The van der Waals surface area contributed by atoms with Gasteiger partial charge in [-0.05, 0) is 0 Å². The Morgan fingerprint density at radius 2 is 1.88 bits per heavy atom. The van der Waals surface area contributed by atoms with Crippen LogP contribution in [0.15, 0.2) is 0 Å². The summed E-state index contributed by atoms with van der Waals surface area (Å²) >= 11 is 0. The smallest absolute Gasteiger partial charge is 0.305 e. The van der Waals surface area contributed by atoms with E-state index in [-0.39, 0.29) is 49.1 Å². The molecule has 0 fully saturated rings. The first-order valence-electron chi connectivity index (χ1n) is 4.59. The van der Waals surface area contributed by atoms with Crippen LogP contribution >= 0.6 is 0 Å². The number of aliphatic hydroxyl groups is 2. The molecule has 0 aromatic carbocycles. The van der Waals surface area contributed by atoms with Crippen molar-refractivity contribution < 1.29 is 24.9 Å². The van der Waals surface area contributed by atoms with E-state index >= 15 is 0 Å². The van der Waals surface area contributed by atoms with Crippen LogP contribution in [0.2, 0.25) is 0 Å². The summed E-state index contributed by atoms with van der Waals surface area (Å²) in [6.07, 6.45) is -1.55. The van der Waals surface area contributed by atoms with Gasteiger partial charge in [-0.3, -0.25) is 9.59 Å². The van der Waals surface area contributed by atoms with Gasteiger partial charge in [0.05, 0.1) is 13.0 Å². The fourth-order valence-electron chi connectivity index (χ4n) is 0.831. The molecular weight excluding hydrogens is 225 g/mol. The third kappa shape index (κ3) is 6.44. The van der Waals surface area contributed by atoms with Crippen LogP contribution < -0.4 is 5.32 Å². The van der Waals surface area contributed by atoms with Gasteiger partial charge in [-0.15, -0.1) is 0 Å². The molecule has 0 saturated heterocycles. The van der Waals surface area contributed by atoms with Crippen molar-refractivity contribution in [2.24, 2.45) is 5.41 Å². The largest absolute Gasteiger partial charge is 0.481 e. The van der Waals surface area contributed by atoms with Gasteiger partial charge in [0.15, 0.2) is 0 Å². The summed E-state index contributed by atoms with van der Waals surface area (Å²) < 4.78 is 0. The second-order valence-electron chi connectivity index (χ2n) is 3.98. The van der Waals surface area contributed by atoms with Gasteiger partial charge in [0, 0.05) is 41.5 Å². The minimum absolute atomic E-state index is 0. The van der Waals surface area contributed by atoms with Gasteiger partial charge >= 0.3 is 5.97 Å². The van der Waals surface area contributed by atoms with Gasteiger partial charge in [0.1, 0.15) is 6.10 Å². The van der Waals surface area contributed by atoms with E-state index in [0.29, 0.717) is 0 Å². The number of carboxylic acid groups (broad SMARTS) is 1. The molecule has 0 spiro atoms. The van der Waals surface area contributed by atoms with E-state index in [2.05, 4.69) is 5.32 Å². The number of aliphatic hydroxyl groups excluding tert-OH is 2. The second-order valence-corrected chi connectivity index (χ2v) is 3.98. The molecule has 1 radical (unpaired) electrons. The molecule has 0 saturated carbocycles. The third-order valence-corrected chi connectivity index (χ3v) is 2.03. The molecular formula is C9H17NNaO5. The Hall–Kier alpha value is -0.140. The topological polar surface area (TPSA) is 107 Å². The molecule has 1 amide bonds. The number of carboxylic acids is 1. The number of carbonyl (C=O) groups excluding carboxylic acids is 1. The summed E-state index contributed by atoms with van der Waals surface area (Å²) in [6.45, 7) is 2.70. The molecule has 0 bridgehead atoms. The predicted octanol–water partition coefficient (Wildman–Crippen LogP) is -1.42. The summed E-state index contributed by atoms with van der Waals surface area (Å²) in [4.78, 5) is 21.4. The normalized spacial score (nSPS) is 12.5. The van der Waals surface area contributed by atoms with Crippen LogP contribution in [0.3, 0.4) is 0 Å². The summed E-state index contributed by atoms with van der Waals surface area (Å²) in [7, 11) is 0. The fraction of sp³-hybridized carbons (Fsp3) is 0.778. The number of hydrogen-bond acceptors (Lipinski definition) is 4. The molecule has 0 aliphatic rings. The number of nitrogens with one attached hydrogen (secondary N) is 1. The maximum absolute atomic E-state index is 11.3. The fourth-order valence-corrected chi connectivity index (χ4v) is 0.831. The molecule has 1 atom stereocenters. The number of rotatable bonds is 6. The summed E-state index contributed by atoms with van der Waals surface area (Å²) in [6, 6.07) is 0. The Labute approximate surface area is 116 Å². The number of amides is 1. The van der Waals surface area contributed by atoms with Crippen molar-refractivity contribution >= 4 is 41.4 Å². The molecule has 6 nitrogen and oxygen atoms in total. The molecule has 0 aliphatic carbocycles. The van der Waals surface area contributed by atoms with Crippen molar-refractivity contribution in [1.82, 2.24) is 5.32 Å². The van der Waals surface area contributed by atoms with Crippen LogP contribution in [-0.4, -0.2) is 76.0 Å². The van der Waals surface area contributed by atoms with E-state index in [4.69, 9.17) is 10.2 Å². The molecule has 7 heteroatoms. The summed E-state index contributed by atoms with van der Waals surface area (Å²) in [5.74, 6) is -1.69. The van der Waals surface area contributed by atoms with Crippen molar-refractivity contribution in [3.63, 3.8) is 0 Å².